The predicted molar refractivity (Wildman–Crippen MR) is 30.1 cm³/mol. The van der Waals surface area contributed by atoms with Gasteiger partial charge in [-0.05, 0) is 37.0 Å². The zero-order valence-corrected chi connectivity index (χ0v) is 4.91. The minimum Gasteiger partial charge on any atom is -0.0620 e. The third kappa shape index (κ3) is 0.332. The molecule has 2 fully saturated rings. The van der Waals surface area contributed by atoms with Gasteiger partial charge in [0.05, 0.1) is 0 Å². The molecule has 0 aromatic heterocycles. The lowest BCUT2D eigenvalue weighted by Crippen LogP contribution is -2.23. The molecule has 0 aromatic rings. The minimum atomic E-state index is 0.931. The maximum Gasteiger partial charge on any atom is -0.0271 e. The molecular weight excluding hydrogens is 84.1 g/mol. The number of hydrogen-bond acceptors (Lipinski definition) is 0. The molecule has 0 radical (unpaired) electrons. The fourth-order valence-electron chi connectivity index (χ4n) is 1.74. The van der Waals surface area contributed by atoms with Crippen molar-refractivity contribution in [2.75, 3.05) is 0 Å². The van der Waals surface area contributed by atoms with Crippen LogP contribution >= 0.6 is 0 Å². The molecule has 0 saturated heterocycles. The lowest BCUT2D eigenvalue weighted by atomic mass is 9.72. The molecule has 40 valence electrons. The molecule has 0 amide bonds. The Morgan fingerprint density at radius 3 is 2.00 bits per heavy atom. The second-order valence-corrected chi connectivity index (χ2v) is 3.30. The van der Waals surface area contributed by atoms with Crippen molar-refractivity contribution in [2.45, 2.75) is 32.6 Å². The first-order valence-electron chi connectivity index (χ1n) is 3.33. The molecule has 2 saturated carbocycles. The molecule has 0 aromatic carbocycles. The highest BCUT2D eigenvalue weighted by Gasteiger charge is 2.52. The van der Waals surface area contributed by atoms with Gasteiger partial charge >= 0.3 is 0 Å². The van der Waals surface area contributed by atoms with Gasteiger partial charge in [-0.25, -0.2) is 0 Å². The van der Waals surface area contributed by atoms with Gasteiger partial charge in [-0.2, -0.15) is 0 Å². The molecule has 0 N–H and O–H groups in total. The fourth-order valence-corrected chi connectivity index (χ4v) is 1.74. The van der Waals surface area contributed by atoms with Gasteiger partial charge in [0.2, 0.25) is 0 Å². The molecule has 1 unspecified atom stereocenters. The Kier molecular flexibility index (Phi) is 0.499. The van der Waals surface area contributed by atoms with Gasteiger partial charge in [0.25, 0.3) is 0 Å². The van der Waals surface area contributed by atoms with Gasteiger partial charge in [-0.1, -0.05) is 6.92 Å². The second-order valence-electron chi connectivity index (χ2n) is 3.30. The van der Waals surface area contributed by atoms with Crippen LogP contribution in [0, 0.1) is 11.3 Å². The van der Waals surface area contributed by atoms with Crippen molar-refractivity contribution >= 4 is 0 Å². The van der Waals surface area contributed by atoms with Crippen molar-refractivity contribution in [2.24, 2.45) is 11.3 Å². The highest BCUT2D eigenvalue weighted by molar-refractivity contribution is 5.03. The van der Waals surface area contributed by atoms with Crippen LogP contribution in [-0.2, 0) is 0 Å². The van der Waals surface area contributed by atoms with Crippen molar-refractivity contribution in [1.29, 1.82) is 0 Å². The topological polar surface area (TPSA) is 0 Å². The van der Waals surface area contributed by atoms with E-state index < -0.39 is 0 Å². The fraction of sp³-hybridized carbons (Fsp3) is 1.00. The zero-order chi connectivity index (χ0) is 4.91. The summed E-state index contributed by atoms with van der Waals surface area (Å²) in [6, 6.07) is 0. The van der Waals surface area contributed by atoms with Crippen molar-refractivity contribution in [3.8, 4) is 0 Å². The van der Waals surface area contributed by atoms with Gasteiger partial charge in [0, 0.05) is 0 Å². The monoisotopic (exact) mass is 96.1 g/mol. The third-order valence-electron chi connectivity index (χ3n) is 3.01. The summed E-state index contributed by atoms with van der Waals surface area (Å²) in [4.78, 5) is 0. The van der Waals surface area contributed by atoms with E-state index in [0.29, 0.717) is 0 Å². The van der Waals surface area contributed by atoms with E-state index in [4.69, 9.17) is 0 Å². The van der Waals surface area contributed by atoms with Crippen LogP contribution in [0.4, 0.5) is 0 Å². The molecule has 1 atom stereocenters. The molecule has 1 spiro atoms. The second kappa shape index (κ2) is 0.888. The largest absolute Gasteiger partial charge is 0.0620 e. The molecule has 0 aliphatic heterocycles. The maximum atomic E-state index is 2.40. The van der Waals surface area contributed by atoms with Crippen molar-refractivity contribution in [1.82, 2.24) is 0 Å². The van der Waals surface area contributed by atoms with Crippen LogP contribution < -0.4 is 0 Å². The molecule has 0 nitrogen and oxygen atoms in total. The van der Waals surface area contributed by atoms with E-state index in [1.54, 1.807) is 19.3 Å². The first-order valence-corrected chi connectivity index (χ1v) is 3.33. The Bertz CT molecular complexity index is 90.2. The normalized spacial score (nSPS) is 43.3. The van der Waals surface area contributed by atoms with Crippen LogP contribution in [0.5, 0.6) is 0 Å². The van der Waals surface area contributed by atoms with E-state index in [0.717, 1.165) is 11.3 Å². The van der Waals surface area contributed by atoms with Crippen LogP contribution in [0.3, 0.4) is 0 Å². The molecule has 0 heteroatoms. The Morgan fingerprint density at radius 2 is 2.00 bits per heavy atom. The zero-order valence-electron chi connectivity index (χ0n) is 4.91. The van der Waals surface area contributed by atoms with E-state index in [1.165, 1.54) is 6.42 Å². The van der Waals surface area contributed by atoms with Crippen LogP contribution in [0.15, 0.2) is 0 Å². The summed E-state index contributed by atoms with van der Waals surface area (Å²) in [6.45, 7) is 2.40. The molecular formula is C7H12. The molecule has 2 aliphatic carbocycles. The summed E-state index contributed by atoms with van der Waals surface area (Å²) in [5.41, 5.74) is 0.931. The average Bonchev–Trinajstić information content (AvgIpc) is 2.40. The van der Waals surface area contributed by atoms with Gasteiger partial charge in [-0.15, -0.1) is 0 Å². The van der Waals surface area contributed by atoms with Crippen molar-refractivity contribution in [3.63, 3.8) is 0 Å². The van der Waals surface area contributed by atoms with Gasteiger partial charge < -0.3 is 0 Å². The van der Waals surface area contributed by atoms with Gasteiger partial charge in [0.1, 0.15) is 0 Å². The summed E-state index contributed by atoms with van der Waals surface area (Å²) in [5, 5.41) is 0. The summed E-state index contributed by atoms with van der Waals surface area (Å²) in [6.07, 6.45) is 6.16. The average molecular weight is 96.2 g/mol. The van der Waals surface area contributed by atoms with Crippen LogP contribution in [0.2, 0.25) is 0 Å². The Hall–Kier alpha value is 0. The van der Waals surface area contributed by atoms with Crippen molar-refractivity contribution in [3.05, 3.63) is 0 Å². The van der Waals surface area contributed by atoms with Crippen LogP contribution in [0.1, 0.15) is 32.6 Å². The summed E-state index contributed by atoms with van der Waals surface area (Å²) >= 11 is 0. The molecule has 7 heavy (non-hydrogen) atoms. The quantitative estimate of drug-likeness (QED) is 0.433. The van der Waals surface area contributed by atoms with E-state index in [-0.39, 0.29) is 0 Å². The third-order valence-corrected chi connectivity index (χ3v) is 3.01. The number of hydrogen-bond donors (Lipinski definition) is 0. The van der Waals surface area contributed by atoms with E-state index in [2.05, 4.69) is 6.92 Å². The smallest absolute Gasteiger partial charge is 0.0271 e. The minimum absolute atomic E-state index is 0.931. The molecule has 0 bridgehead atoms. The highest BCUT2D eigenvalue weighted by Crippen LogP contribution is 2.64. The highest BCUT2D eigenvalue weighted by atomic mass is 14.6. The van der Waals surface area contributed by atoms with E-state index in [9.17, 15) is 0 Å². The SMILES string of the molecule is CC1CCC12CC2. The van der Waals surface area contributed by atoms with Crippen LogP contribution in [0.25, 0.3) is 0 Å². The predicted octanol–water partition coefficient (Wildman–Crippen LogP) is 2.20. The van der Waals surface area contributed by atoms with Gasteiger partial charge in [0.15, 0.2) is 0 Å². The number of rotatable bonds is 0. The summed E-state index contributed by atoms with van der Waals surface area (Å²) in [7, 11) is 0. The lowest BCUT2D eigenvalue weighted by Gasteiger charge is -2.33. The summed E-state index contributed by atoms with van der Waals surface area (Å²) in [5.74, 6) is 1.09. The Balaban J connectivity index is 2.09. The molecule has 2 rings (SSSR count). The van der Waals surface area contributed by atoms with Crippen LogP contribution in [-0.4, -0.2) is 0 Å². The Labute approximate surface area is 44.9 Å². The van der Waals surface area contributed by atoms with E-state index in [1.807, 2.05) is 0 Å². The molecule has 0 heterocycles. The first-order chi connectivity index (χ1) is 3.33. The maximum absolute atomic E-state index is 2.40. The van der Waals surface area contributed by atoms with Crippen molar-refractivity contribution < 1.29 is 0 Å². The van der Waals surface area contributed by atoms with E-state index >= 15 is 0 Å². The lowest BCUT2D eigenvalue weighted by molar-refractivity contribution is 0.169. The molecule has 2 aliphatic rings. The standard InChI is InChI=1S/C7H12/c1-6-2-3-7(6)4-5-7/h6H,2-5H2,1H3. The first kappa shape index (κ1) is 3.94. The Morgan fingerprint density at radius 1 is 1.29 bits per heavy atom. The van der Waals surface area contributed by atoms with Gasteiger partial charge in [-0.3, -0.25) is 0 Å². The summed E-state index contributed by atoms with van der Waals surface area (Å²) < 4.78 is 0.